The van der Waals surface area contributed by atoms with Gasteiger partial charge in [0.15, 0.2) is 0 Å². The maximum absolute atomic E-state index is 11.7. The highest BCUT2D eigenvalue weighted by molar-refractivity contribution is 5.89. The first-order valence-electron chi connectivity index (χ1n) is 5.38. The van der Waals surface area contributed by atoms with Gasteiger partial charge in [-0.05, 0) is 39.0 Å². The van der Waals surface area contributed by atoms with E-state index in [1.165, 1.54) is 12.3 Å². The Bertz CT molecular complexity index is 469. The van der Waals surface area contributed by atoms with Crippen molar-refractivity contribution in [3.8, 4) is 0 Å². The van der Waals surface area contributed by atoms with Crippen molar-refractivity contribution in [2.75, 3.05) is 0 Å². The summed E-state index contributed by atoms with van der Waals surface area (Å²) in [4.78, 5) is 25.9. The van der Waals surface area contributed by atoms with Crippen LogP contribution in [0.4, 0.5) is 0 Å². The fourth-order valence-electron chi connectivity index (χ4n) is 1.12. The van der Waals surface area contributed by atoms with Gasteiger partial charge in [-0.3, -0.25) is 4.98 Å². The van der Waals surface area contributed by atoms with Crippen LogP contribution in [0, 0.1) is 0 Å². The van der Waals surface area contributed by atoms with Crippen molar-refractivity contribution in [2.24, 2.45) is 0 Å². The Balaban J connectivity index is 2.77. The molecule has 96 valence electrons. The number of aliphatic carboxylic acids is 1. The minimum Gasteiger partial charge on any atom is -0.478 e. The zero-order valence-corrected chi connectivity index (χ0v) is 10.5. The Labute approximate surface area is 105 Å². The number of hydrogen-bond donors (Lipinski definition) is 1. The first-order valence-corrected chi connectivity index (χ1v) is 5.38. The Hall–Kier alpha value is -2.17. The molecule has 1 rings (SSSR count). The van der Waals surface area contributed by atoms with Crippen molar-refractivity contribution in [1.29, 1.82) is 0 Å². The van der Waals surface area contributed by atoms with Crippen LogP contribution in [0.25, 0.3) is 6.08 Å². The molecule has 0 radical (unpaired) electrons. The van der Waals surface area contributed by atoms with E-state index in [1.807, 2.05) is 0 Å². The highest BCUT2D eigenvalue weighted by Gasteiger charge is 2.17. The zero-order valence-electron chi connectivity index (χ0n) is 10.5. The van der Waals surface area contributed by atoms with Gasteiger partial charge < -0.3 is 9.84 Å². The second-order valence-corrected chi connectivity index (χ2v) is 4.65. The van der Waals surface area contributed by atoms with Crippen LogP contribution in [0.5, 0.6) is 0 Å². The van der Waals surface area contributed by atoms with Crippen molar-refractivity contribution in [3.63, 3.8) is 0 Å². The number of carboxylic acid groups (broad SMARTS) is 1. The largest absolute Gasteiger partial charge is 0.478 e. The molecule has 0 atom stereocenters. The highest BCUT2D eigenvalue weighted by Crippen LogP contribution is 2.12. The van der Waals surface area contributed by atoms with E-state index in [0.717, 1.165) is 6.08 Å². The lowest BCUT2D eigenvalue weighted by Gasteiger charge is -2.19. The molecule has 0 aromatic carbocycles. The minimum absolute atomic E-state index is 0.331. The highest BCUT2D eigenvalue weighted by atomic mass is 16.6. The van der Waals surface area contributed by atoms with Crippen molar-refractivity contribution < 1.29 is 19.4 Å². The maximum Gasteiger partial charge on any atom is 0.340 e. The molecule has 0 unspecified atom stereocenters. The van der Waals surface area contributed by atoms with Crippen LogP contribution in [0.3, 0.4) is 0 Å². The summed E-state index contributed by atoms with van der Waals surface area (Å²) in [6.45, 7) is 5.34. The number of nitrogens with zero attached hydrogens (tertiary/aromatic N) is 1. The molecular weight excluding hydrogens is 234 g/mol. The average Bonchev–Trinajstić information content (AvgIpc) is 2.24. The van der Waals surface area contributed by atoms with Gasteiger partial charge in [0, 0.05) is 12.3 Å². The topological polar surface area (TPSA) is 76.5 Å². The van der Waals surface area contributed by atoms with Gasteiger partial charge in [-0.2, -0.15) is 0 Å². The summed E-state index contributed by atoms with van der Waals surface area (Å²) in [6.07, 6.45) is 3.69. The molecule has 1 heterocycles. The lowest BCUT2D eigenvalue weighted by molar-refractivity contribution is -0.131. The van der Waals surface area contributed by atoms with E-state index in [0.29, 0.717) is 11.3 Å². The van der Waals surface area contributed by atoms with Crippen molar-refractivity contribution in [3.05, 3.63) is 35.7 Å². The fourth-order valence-corrected chi connectivity index (χ4v) is 1.12. The van der Waals surface area contributed by atoms with Crippen LogP contribution in [-0.2, 0) is 9.53 Å². The third-order valence-electron chi connectivity index (χ3n) is 1.82. The van der Waals surface area contributed by atoms with Gasteiger partial charge >= 0.3 is 11.9 Å². The Morgan fingerprint density at radius 2 is 2.00 bits per heavy atom. The number of hydrogen-bond acceptors (Lipinski definition) is 4. The molecule has 0 fully saturated rings. The molecule has 0 aliphatic carbocycles. The molecule has 5 heteroatoms. The van der Waals surface area contributed by atoms with E-state index in [2.05, 4.69) is 4.98 Å². The standard InChI is InChI=1S/C13H15NO4/c1-13(2,3)18-12(17)9-4-5-10(14-8-9)6-7-11(15)16/h4-8H,1-3H3,(H,15,16). The zero-order chi connectivity index (χ0) is 13.8. The Kier molecular flexibility index (Phi) is 4.20. The second kappa shape index (κ2) is 5.44. The van der Waals surface area contributed by atoms with Crippen LogP contribution in [-0.4, -0.2) is 27.6 Å². The molecule has 0 saturated carbocycles. The number of pyridine rings is 1. The van der Waals surface area contributed by atoms with Crippen LogP contribution in [0.2, 0.25) is 0 Å². The molecule has 1 aromatic heterocycles. The van der Waals surface area contributed by atoms with E-state index in [9.17, 15) is 9.59 Å². The molecule has 0 aliphatic heterocycles. The lowest BCUT2D eigenvalue weighted by Crippen LogP contribution is -2.23. The SMILES string of the molecule is CC(C)(C)OC(=O)c1ccc(C=CC(=O)O)nc1. The first kappa shape index (κ1) is 13.9. The summed E-state index contributed by atoms with van der Waals surface area (Å²) in [6, 6.07) is 3.10. The molecular formula is C13H15NO4. The number of rotatable bonds is 3. The summed E-state index contributed by atoms with van der Waals surface area (Å²) in [7, 11) is 0. The quantitative estimate of drug-likeness (QED) is 0.656. The van der Waals surface area contributed by atoms with Crippen molar-refractivity contribution >= 4 is 18.0 Å². The van der Waals surface area contributed by atoms with Crippen LogP contribution in [0.15, 0.2) is 24.4 Å². The van der Waals surface area contributed by atoms with Gasteiger partial charge in [-0.1, -0.05) is 0 Å². The number of carbonyl (C=O) groups excluding carboxylic acids is 1. The maximum atomic E-state index is 11.7. The third-order valence-corrected chi connectivity index (χ3v) is 1.82. The van der Waals surface area contributed by atoms with Crippen molar-refractivity contribution in [1.82, 2.24) is 4.98 Å². The van der Waals surface area contributed by atoms with E-state index in [4.69, 9.17) is 9.84 Å². The Morgan fingerprint density at radius 1 is 1.33 bits per heavy atom. The summed E-state index contributed by atoms with van der Waals surface area (Å²) < 4.78 is 5.17. The molecule has 0 bridgehead atoms. The van der Waals surface area contributed by atoms with Gasteiger partial charge in [0.2, 0.25) is 0 Å². The minimum atomic E-state index is -1.05. The van der Waals surface area contributed by atoms with Crippen LogP contribution < -0.4 is 0 Å². The van der Waals surface area contributed by atoms with E-state index >= 15 is 0 Å². The smallest absolute Gasteiger partial charge is 0.340 e. The predicted molar refractivity (Wildman–Crippen MR) is 66.1 cm³/mol. The summed E-state index contributed by atoms with van der Waals surface area (Å²) in [5.41, 5.74) is 0.237. The second-order valence-electron chi connectivity index (χ2n) is 4.65. The van der Waals surface area contributed by atoms with Crippen LogP contribution in [0.1, 0.15) is 36.8 Å². The van der Waals surface area contributed by atoms with Crippen LogP contribution >= 0.6 is 0 Å². The number of carboxylic acids is 1. The van der Waals surface area contributed by atoms with Gasteiger partial charge in [0.1, 0.15) is 5.60 Å². The first-order chi connectivity index (χ1) is 8.28. The normalized spacial score (nSPS) is 11.5. The lowest BCUT2D eigenvalue weighted by atomic mass is 10.2. The predicted octanol–water partition coefficient (Wildman–Crippen LogP) is 2.13. The number of esters is 1. The molecule has 5 nitrogen and oxygen atoms in total. The van der Waals surface area contributed by atoms with Gasteiger partial charge in [-0.25, -0.2) is 9.59 Å². The summed E-state index contributed by atoms with van der Waals surface area (Å²) >= 11 is 0. The molecule has 0 aliphatic rings. The number of aromatic nitrogens is 1. The summed E-state index contributed by atoms with van der Waals surface area (Å²) in [5.74, 6) is -1.50. The molecule has 18 heavy (non-hydrogen) atoms. The molecule has 0 spiro atoms. The van der Waals surface area contributed by atoms with Gasteiger partial charge in [0.05, 0.1) is 11.3 Å². The molecule has 0 amide bonds. The third kappa shape index (κ3) is 4.78. The van der Waals surface area contributed by atoms with Crippen molar-refractivity contribution in [2.45, 2.75) is 26.4 Å². The molecule has 1 N–H and O–H groups in total. The Morgan fingerprint density at radius 3 is 2.44 bits per heavy atom. The van der Waals surface area contributed by atoms with E-state index in [-0.39, 0.29) is 0 Å². The van der Waals surface area contributed by atoms with E-state index in [1.54, 1.807) is 32.9 Å². The van der Waals surface area contributed by atoms with E-state index < -0.39 is 17.5 Å². The average molecular weight is 249 g/mol. The monoisotopic (exact) mass is 249 g/mol. The summed E-state index contributed by atoms with van der Waals surface area (Å²) in [5, 5.41) is 8.46. The van der Waals surface area contributed by atoms with Gasteiger partial charge in [0.25, 0.3) is 0 Å². The number of carbonyl (C=O) groups is 2. The fraction of sp³-hybridized carbons (Fsp3) is 0.308. The van der Waals surface area contributed by atoms with Gasteiger partial charge in [-0.15, -0.1) is 0 Å². The molecule has 1 aromatic rings. The molecule has 0 saturated heterocycles. The number of ether oxygens (including phenoxy) is 1.